The highest BCUT2D eigenvalue weighted by atomic mass is 16.5. The molecule has 0 saturated carbocycles. The Kier molecular flexibility index (Phi) is 6.16. The van der Waals surface area contributed by atoms with E-state index in [4.69, 9.17) is 4.74 Å². The van der Waals surface area contributed by atoms with E-state index in [9.17, 15) is 14.4 Å². The van der Waals surface area contributed by atoms with Crippen LogP contribution in [-0.2, 0) is 14.3 Å². The van der Waals surface area contributed by atoms with Gasteiger partial charge in [-0.25, -0.2) is 4.79 Å². The number of hydrogen-bond acceptors (Lipinski definition) is 4. The van der Waals surface area contributed by atoms with E-state index >= 15 is 0 Å². The molecule has 3 rings (SSSR count). The Morgan fingerprint density at radius 2 is 1.72 bits per heavy atom. The van der Waals surface area contributed by atoms with Crippen LogP contribution in [0.4, 0.5) is 5.69 Å². The van der Waals surface area contributed by atoms with Crippen LogP contribution in [0.1, 0.15) is 38.7 Å². The van der Waals surface area contributed by atoms with E-state index in [1.54, 1.807) is 25.1 Å². The average Bonchev–Trinajstić information content (AvgIpc) is 3.08. The number of H-pyrrole nitrogens is 2. The molecule has 0 fully saturated rings. The summed E-state index contributed by atoms with van der Waals surface area (Å²) in [6.07, 6.45) is -0.150. The predicted octanol–water partition coefficient (Wildman–Crippen LogP) is 3.56. The van der Waals surface area contributed by atoms with Gasteiger partial charge in [0.05, 0.1) is 17.0 Å². The van der Waals surface area contributed by atoms with E-state index in [1.807, 2.05) is 44.2 Å². The van der Waals surface area contributed by atoms with Crippen LogP contribution in [0.15, 0.2) is 53.3 Å². The third-order valence-corrected chi connectivity index (χ3v) is 5.07. The summed E-state index contributed by atoms with van der Waals surface area (Å²) in [6, 6.07) is 14.5. The molecule has 0 aliphatic carbocycles. The Labute approximate surface area is 168 Å². The summed E-state index contributed by atoms with van der Waals surface area (Å²) in [5, 5.41) is 2.72. The number of aromatic amines is 2. The normalized spacial score (nSPS) is 14.2. The van der Waals surface area contributed by atoms with E-state index in [0.29, 0.717) is 16.7 Å². The molecule has 7 nitrogen and oxygen atoms in total. The maximum Gasteiger partial charge on any atom is 0.323 e. The van der Waals surface area contributed by atoms with E-state index < -0.39 is 23.9 Å². The van der Waals surface area contributed by atoms with Crippen molar-refractivity contribution in [1.29, 1.82) is 0 Å². The standard InChI is InChI=1S/C22H25N3O4/c1-4-13(2)19(15-8-6-5-7-9-15)21(27)29-14(3)20(26)23-16-10-11-17-18(12-16)25-22(28)24-17/h5-14,19H,4H2,1-3H3,(H,23,26)(H2,24,25,28)/t13-,14+,19-/m1/s1. The number of rotatable bonds is 7. The third-order valence-electron chi connectivity index (χ3n) is 5.07. The van der Waals surface area contributed by atoms with Gasteiger partial charge in [-0.1, -0.05) is 50.6 Å². The average molecular weight is 395 g/mol. The van der Waals surface area contributed by atoms with Crippen molar-refractivity contribution in [3.05, 3.63) is 64.6 Å². The zero-order chi connectivity index (χ0) is 21.0. The molecule has 3 N–H and O–H groups in total. The van der Waals surface area contributed by atoms with Crippen LogP contribution in [0, 0.1) is 5.92 Å². The summed E-state index contributed by atoms with van der Waals surface area (Å²) < 4.78 is 5.50. The van der Waals surface area contributed by atoms with Crippen LogP contribution in [0.5, 0.6) is 0 Å². The van der Waals surface area contributed by atoms with Gasteiger partial charge in [0.2, 0.25) is 0 Å². The molecule has 29 heavy (non-hydrogen) atoms. The number of amides is 1. The molecule has 0 unspecified atom stereocenters. The second kappa shape index (κ2) is 8.77. The summed E-state index contributed by atoms with van der Waals surface area (Å²) >= 11 is 0. The minimum atomic E-state index is -0.960. The lowest BCUT2D eigenvalue weighted by atomic mass is 9.85. The van der Waals surface area contributed by atoms with Crippen molar-refractivity contribution in [3.63, 3.8) is 0 Å². The number of ether oxygens (including phenoxy) is 1. The molecule has 0 saturated heterocycles. The van der Waals surface area contributed by atoms with Gasteiger partial charge in [0.25, 0.3) is 5.91 Å². The van der Waals surface area contributed by atoms with Crippen molar-refractivity contribution >= 4 is 28.6 Å². The van der Waals surface area contributed by atoms with Gasteiger partial charge in [-0.2, -0.15) is 0 Å². The molecule has 0 bridgehead atoms. The summed E-state index contributed by atoms with van der Waals surface area (Å²) in [6.45, 7) is 5.56. The second-order valence-corrected chi connectivity index (χ2v) is 7.18. The molecular formula is C22H25N3O4. The fourth-order valence-corrected chi connectivity index (χ4v) is 3.25. The van der Waals surface area contributed by atoms with Crippen molar-refractivity contribution in [3.8, 4) is 0 Å². The quantitative estimate of drug-likeness (QED) is 0.532. The van der Waals surface area contributed by atoms with Crippen molar-refractivity contribution in [2.45, 2.75) is 39.2 Å². The van der Waals surface area contributed by atoms with E-state index in [2.05, 4.69) is 15.3 Å². The largest absolute Gasteiger partial charge is 0.452 e. The number of benzene rings is 2. The van der Waals surface area contributed by atoms with Gasteiger partial charge in [0.15, 0.2) is 6.10 Å². The van der Waals surface area contributed by atoms with Crippen LogP contribution in [-0.4, -0.2) is 27.9 Å². The lowest BCUT2D eigenvalue weighted by Crippen LogP contribution is -2.33. The Morgan fingerprint density at radius 1 is 1.03 bits per heavy atom. The van der Waals surface area contributed by atoms with Crippen LogP contribution in [0.3, 0.4) is 0 Å². The molecule has 1 heterocycles. The van der Waals surface area contributed by atoms with E-state index in [0.717, 1.165) is 12.0 Å². The molecule has 152 valence electrons. The predicted molar refractivity (Wildman–Crippen MR) is 112 cm³/mol. The van der Waals surface area contributed by atoms with Crippen LogP contribution >= 0.6 is 0 Å². The van der Waals surface area contributed by atoms with Gasteiger partial charge in [-0.05, 0) is 36.6 Å². The SMILES string of the molecule is CC[C@@H](C)[C@@H](C(=O)O[C@@H](C)C(=O)Nc1ccc2[nH]c(=O)[nH]c2c1)c1ccccc1. The van der Waals surface area contributed by atoms with Crippen LogP contribution in [0.2, 0.25) is 0 Å². The monoisotopic (exact) mass is 395 g/mol. The highest BCUT2D eigenvalue weighted by Gasteiger charge is 2.30. The Hall–Kier alpha value is -3.35. The van der Waals surface area contributed by atoms with Crippen molar-refractivity contribution in [2.24, 2.45) is 5.92 Å². The molecule has 0 aliphatic heterocycles. The molecule has 0 aliphatic rings. The van der Waals surface area contributed by atoms with Crippen molar-refractivity contribution in [2.75, 3.05) is 5.32 Å². The number of nitrogens with one attached hydrogen (secondary N) is 3. The Morgan fingerprint density at radius 3 is 2.41 bits per heavy atom. The van der Waals surface area contributed by atoms with Crippen molar-refractivity contribution in [1.82, 2.24) is 9.97 Å². The summed E-state index contributed by atoms with van der Waals surface area (Å²) in [5.74, 6) is -1.21. The number of esters is 1. The number of hydrogen-bond donors (Lipinski definition) is 3. The number of carbonyl (C=O) groups is 2. The molecule has 2 aromatic carbocycles. The van der Waals surface area contributed by atoms with Gasteiger partial charge in [-0.3, -0.25) is 9.59 Å². The zero-order valence-electron chi connectivity index (χ0n) is 16.7. The second-order valence-electron chi connectivity index (χ2n) is 7.18. The summed E-state index contributed by atoms with van der Waals surface area (Å²) in [7, 11) is 0. The highest BCUT2D eigenvalue weighted by Crippen LogP contribution is 2.28. The van der Waals surface area contributed by atoms with E-state index in [1.165, 1.54) is 0 Å². The minimum Gasteiger partial charge on any atom is -0.452 e. The first-order valence-electron chi connectivity index (χ1n) is 9.67. The lowest BCUT2D eigenvalue weighted by molar-refractivity contribution is -0.155. The van der Waals surface area contributed by atoms with Crippen molar-refractivity contribution < 1.29 is 14.3 Å². The summed E-state index contributed by atoms with van der Waals surface area (Å²) in [5.41, 5.74) is 2.29. The lowest BCUT2D eigenvalue weighted by Gasteiger charge is -2.23. The molecule has 0 spiro atoms. The first-order valence-corrected chi connectivity index (χ1v) is 9.67. The molecule has 3 aromatic rings. The molecule has 3 atom stereocenters. The summed E-state index contributed by atoms with van der Waals surface area (Å²) in [4.78, 5) is 42.0. The van der Waals surface area contributed by atoms with Crippen LogP contribution < -0.4 is 11.0 Å². The maximum atomic E-state index is 12.8. The van der Waals surface area contributed by atoms with Crippen LogP contribution in [0.25, 0.3) is 11.0 Å². The maximum absolute atomic E-state index is 12.8. The van der Waals surface area contributed by atoms with Gasteiger partial charge in [0, 0.05) is 5.69 Å². The highest BCUT2D eigenvalue weighted by molar-refractivity contribution is 5.97. The fourth-order valence-electron chi connectivity index (χ4n) is 3.25. The smallest absolute Gasteiger partial charge is 0.323 e. The third kappa shape index (κ3) is 4.74. The molecule has 1 amide bonds. The van der Waals surface area contributed by atoms with Gasteiger partial charge in [-0.15, -0.1) is 0 Å². The first kappa shape index (κ1) is 20.4. The molecular weight excluding hydrogens is 370 g/mol. The molecule has 7 heteroatoms. The number of anilines is 1. The van der Waals surface area contributed by atoms with Gasteiger partial charge >= 0.3 is 11.7 Å². The topological polar surface area (TPSA) is 104 Å². The minimum absolute atomic E-state index is 0.0768. The van der Waals surface area contributed by atoms with Gasteiger partial charge in [0.1, 0.15) is 0 Å². The molecule has 0 radical (unpaired) electrons. The van der Waals surface area contributed by atoms with Gasteiger partial charge < -0.3 is 20.0 Å². The van der Waals surface area contributed by atoms with E-state index in [-0.39, 0.29) is 11.6 Å². The fraction of sp³-hybridized carbons (Fsp3) is 0.318. The number of aromatic nitrogens is 2. The number of imidazole rings is 1. The Bertz CT molecular complexity index is 1050. The number of carbonyl (C=O) groups excluding carboxylic acids is 2. The first-order chi connectivity index (χ1) is 13.9. The zero-order valence-corrected chi connectivity index (χ0v) is 16.7. The number of fused-ring (bicyclic) bond motifs is 1. The Balaban J connectivity index is 1.69. The molecule has 1 aromatic heterocycles.